The number of nitrogens with zero attached hydrogens (tertiary/aromatic N) is 3. The van der Waals surface area contributed by atoms with Crippen LogP contribution in [0.4, 0.5) is 10.5 Å². The van der Waals surface area contributed by atoms with Gasteiger partial charge in [-0.3, -0.25) is 10.1 Å². The van der Waals surface area contributed by atoms with Crippen LogP contribution in [0.25, 0.3) is 0 Å². The van der Waals surface area contributed by atoms with E-state index in [-0.39, 0.29) is 41.8 Å². The van der Waals surface area contributed by atoms with Gasteiger partial charge in [0.2, 0.25) is 0 Å². The van der Waals surface area contributed by atoms with Crippen LogP contribution in [0.15, 0.2) is 29.3 Å². The van der Waals surface area contributed by atoms with E-state index in [4.69, 9.17) is 4.74 Å². The maximum Gasteiger partial charge on any atom is 0.409 e. The first-order valence-corrected chi connectivity index (χ1v) is 9.77. The SMILES string of the molecule is CCOC(=O)N1CCC(NC(=NCc2ccc([N+](=O)[O-])cc2)NC2CC2)CC1.I. The minimum Gasteiger partial charge on any atom is -0.450 e. The van der Waals surface area contributed by atoms with Gasteiger partial charge in [-0.05, 0) is 38.2 Å². The van der Waals surface area contributed by atoms with Gasteiger partial charge in [-0.25, -0.2) is 9.79 Å². The van der Waals surface area contributed by atoms with E-state index in [1.807, 2.05) is 6.92 Å². The first kappa shape index (κ1) is 23.2. The fraction of sp³-hybridized carbons (Fsp3) is 0.579. The highest BCUT2D eigenvalue weighted by molar-refractivity contribution is 14.0. The van der Waals surface area contributed by atoms with Crippen LogP contribution in [0.2, 0.25) is 0 Å². The number of aliphatic imine (C=N–C) groups is 1. The molecule has 1 aromatic rings. The zero-order chi connectivity index (χ0) is 19.9. The number of ether oxygens (including phenoxy) is 1. The maximum absolute atomic E-state index is 11.8. The van der Waals surface area contributed by atoms with Gasteiger partial charge in [0.25, 0.3) is 5.69 Å². The average molecular weight is 517 g/mol. The van der Waals surface area contributed by atoms with Crippen LogP contribution in [0.5, 0.6) is 0 Å². The molecule has 1 heterocycles. The van der Waals surface area contributed by atoms with E-state index < -0.39 is 4.92 Å². The van der Waals surface area contributed by atoms with Crippen molar-refractivity contribution in [2.75, 3.05) is 19.7 Å². The van der Waals surface area contributed by atoms with Gasteiger partial charge in [0, 0.05) is 37.3 Å². The Morgan fingerprint density at radius 3 is 2.28 bits per heavy atom. The van der Waals surface area contributed by atoms with Crippen LogP contribution in [-0.2, 0) is 11.3 Å². The van der Waals surface area contributed by atoms with Crippen LogP contribution in [0, 0.1) is 10.1 Å². The summed E-state index contributed by atoms with van der Waals surface area (Å²) in [7, 11) is 0. The summed E-state index contributed by atoms with van der Waals surface area (Å²) >= 11 is 0. The van der Waals surface area contributed by atoms with Crippen molar-refractivity contribution >= 4 is 41.7 Å². The average Bonchev–Trinajstić information content (AvgIpc) is 3.51. The summed E-state index contributed by atoms with van der Waals surface area (Å²) in [5.41, 5.74) is 0.996. The Morgan fingerprint density at radius 1 is 1.17 bits per heavy atom. The first-order chi connectivity index (χ1) is 13.5. The van der Waals surface area contributed by atoms with Gasteiger partial charge >= 0.3 is 6.09 Å². The lowest BCUT2D eigenvalue weighted by molar-refractivity contribution is -0.384. The van der Waals surface area contributed by atoms with Crippen molar-refractivity contribution in [3.05, 3.63) is 39.9 Å². The summed E-state index contributed by atoms with van der Waals surface area (Å²) in [6.45, 7) is 3.97. The standard InChI is InChI=1S/C19H27N5O4.HI/c1-2-28-19(25)23-11-9-16(10-12-23)22-18(21-15-5-6-15)20-13-14-3-7-17(8-4-14)24(26)27;/h3-4,7-8,15-16H,2,5-6,9-13H2,1H3,(H2,20,21,22);1H. The predicted octanol–water partition coefficient (Wildman–Crippen LogP) is 3.03. The lowest BCUT2D eigenvalue weighted by Gasteiger charge is -2.32. The van der Waals surface area contributed by atoms with Crippen molar-refractivity contribution < 1.29 is 14.5 Å². The maximum atomic E-state index is 11.8. The fourth-order valence-electron chi connectivity index (χ4n) is 3.06. The fourth-order valence-corrected chi connectivity index (χ4v) is 3.06. The third-order valence-corrected chi connectivity index (χ3v) is 4.85. The van der Waals surface area contributed by atoms with Gasteiger partial charge in [0.15, 0.2) is 5.96 Å². The molecule has 1 aliphatic carbocycles. The van der Waals surface area contributed by atoms with Gasteiger partial charge in [-0.15, -0.1) is 24.0 Å². The third-order valence-electron chi connectivity index (χ3n) is 4.85. The minimum atomic E-state index is -0.405. The summed E-state index contributed by atoms with van der Waals surface area (Å²) in [4.78, 5) is 28.5. The Labute approximate surface area is 187 Å². The second-order valence-electron chi connectivity index (χ2n) is 7.11. The smallest absolute Gasteiger partial charge is 0.409 e. The normalized spacial score (nSPS) is 17.3. The Balaban J connectivity index is 0.00000300. The van der Waals surface area contributed by atoms with Crippen LogP contribution in [0.3, 0.4) is 0 Å². The number of hydrogen-bond acceptors (Lipinski definition) is 5. The zero-order valence-electron chi connectivity index (χ0n) is 16.5. The molecule has 3 rings (SSSR count). The Hall–Kier alpha value is -2.11. The molecule has 0 bridgehead atoms. The number of piperidine rings is 1. The number of carbonyl (C=O) groups excluding carboxylic acids is 1. The molecule has 2 aliphatic rings. The first-order valence-electron chi connectivity index (χ1n) is 9.77. The molecule has 0 spiro atoms. The Kier molecular flexibility index (Phi) is 8.93. The molecule has 29 heavy (non-hydrogen) atoms. The van der Waals surface area contributed by atoms with E-state index in [0.717, 1.165) is 37.2 Å². The number of guanidine groups is 1. The molecule has 2 N–H and O–H groups in total. The molecule has 2 fully saturated rings. The molecule has 1 saturated heterocycles. The summed E-state index contributed by atoms with van der Waals surface area (Å²) in [6.07, 6.45) is 3.70. The number of hydrogen-bond donors (Lipinski definition) is 2. The van der Waals surface area contributed by atoms with Crippen molar-refractivity contribution in [2.24, 2.45) is 4.99 Å². The number of carbonyl (C=O) groups is 1. The van der Waals surface area contributed by atoms with Gasteiger partial charge in [0.05, 0.1) is 18.1 Å². The highest BCUT2D eigenvalue weighted by Gasteiger charge is 2.26. The molecule has 0 radical (unpaired) electrons. The van der Waals surface area contributed by atoms with Crippen LogP contribution < -0.4 is 10.6 Å². The van der Waals surface area contributed by atoms with Crippen LogP contribution in [0.1, 0.15) is 38.2 Å². The number of rotatable bonds is 6. The van der Waals surface area contributed by atoms with E-state index in [0.29, 0.717) is 32.3 Å². The van der Waals surface area contributed by atoms with Gasteiger partial charge in [-0.2, -0.15) is 0 Å². The summed E-state index contributed by atoms with van der Waals surface area (Å²) < 4.78 is 5.06. The van der Waals surface area contributed by atoms with E-state index in [1.165, 1.54) is 12.1 Å². The van der Waals surface area contributed by atoms with E-state index in [2.05, 4.69) is 15.6 Å². The molecule has 0 aromatic heterocycles. The molecule has 1 aliphatic heterocycles. The molecular formula is C19H28IN5O4. The number of likely N-dealkylation sites (tertiary alicyclic amines) is 1. The zero-order valence-corrected chi connectivity index (χ0v) is 18.8. The number of halogens is 1. The topological polar surface area (TPSA) is 109 Å². The lowest BCUT2D eigenvalue weighted by Crippen LogP contribution is -2.50. The summed E-state index contributed by atoms with van der Waals surface area (Å²) in [6, 6.07) is 7.16. The molecule has 10 heteroatoms. The summed E-state index contributed by atoms with van der Waals surface area (Å²) in [5, 5.41) is 17.6. The van der Waals surface area contributed by atoms with E-state index in [9.17, 15) is 14.9 Å². The second-order valence-corrected chi connectivity index (χ2v) is 7.11. The molecule has 160 valence electrons. The van der Waals surface area contributed by atoms with E-state index in [1.54, 1.807) is 17.0 Å². The van der Waals surface area contributed by atoms with Gasteiger partial charge in [-0.1, -0.05) is 12.1 Å². The highest BCUT2D eigenvalue weighted by atomic mass is 127. The molecule has 1 saturated carbocycles. The van der Waals surface area contributed by atoms with Crippen LogP contribution in [-0.4, -0.2) is 53.7 Å². The number of nitrogens with one attached hydrogen (secondary N) is 2. The molecule has 1 aromatic carbocycles. The van der Waals surface area contributed by atoms with Crippen molar-refractivity contribution in [1.29, 1.82) is 0 Å². The lowest BCUT2D eigenvalue weighted by atomic mass is 10.1. The largest absolute Gasteiger partial charge is 0.450 e. The third kappa shape index (κ3) is 7.33. The van der Waals surface area contributed by atoms with Crippen molar-refractivity contribution in [1.82, 2.24) is 15.5 Å². The highest BCUT2D eigenvalue weighted by Crippen LogP contribution is 2.19. The van der Waals surface area contributed by atoms with Crippen molar-refractivity contribution in [3.8, 4) is 0 Å². The van der Waals surface area contributed by atoms with Gasteiger partial charge < -0.3 is 20.3 Å². The van der Waals surface area contributed by atoms with Crippen LogP contribution >= 0.6 is 24.0 Å². The second kappa shape index (κ2) is 11.2. The number of non-ortho nitro benzene ring substituents is 1. The molecular weight excluding hydrogens is 489 g/mol. The Morgan fingerprint density at radius 2 is 1.76 bits per heavy atom. The van der Waals surface area contributed by atoms with Crippen molar-refractivity contribution in [3.63, 3.8) is 0 Å². The quantitative estimate of drug-likeness (QED) is 0.198. The number of benzene rings is 1. The monoisotopic (exact) mass is 517 g/mol. The molecule has 1 amide bonds. The molecule has 0 unspecified atom stereocenters. The summed E-state index contributed by atoms with van der Waals surface area (Å²) in [5.74, 6) is 0.760. The molecule has 0 atom stereocenters. The van der Waals surface area contributed by atoms with Gasteiger partial charge in [0.1, 0.15) is 0 Å². The number of nitro groups is 1. The van der Waals surface area contributed by atoms with Crippen molar-refractivity contribution in [2.45, 2.75) is 51.2 Å². The number of nitro benzene ring substituents is 1. The minimum absolute atomic E-state index is 0. The predicted molar refractivity (Wildman–Crippen MR) is 121 cm³/mol. The Bertz CT molecular complexity index is 716. The molecule has 9 nitrogen and oxygen atoms in total. The van der Waals surface area contributed by atoms with E-state index >= 15 is 0 Å². The number of amides is 1.